The zero-order chi connectivity index (χ0) is 19.8. The number of nitrogens with zero attached hydrogens (tertiary/aromatic N) is 2. The molecule has 2 aromatic rings. The average Bonchev–Trinajstić information content (AvgIpc) is 3.17. The molecular weight excluding hydrogens is 362 g/mol. The summed E-state index contributed by atoms with van der Waals surface area (Å²) in [4.78, 5) is 22.0. The van der Waals surface area contributed by atoms with E-state index in [0.717, 1.165) is 17.5 Å². The third-order valence-electron chi connectivity index (χ3n) is 5.37. The molecule has 144 valence electrons. The van der Waals surface area contributed by atoms with Crippen LogP contribution in [0.25, 0.3) is 0 Å². The van der Waals surface area contributed by atoms with Crippen LogP contribution in [0.15, 0.2) is 48.6 Å². The summed E-state index contributed by atoms with van der Waals surface area (Å²) < 4.78 is 5.53. The topological polar surface area (TPSA) is 108 Å². The molecule has 0 unspecified atom stereocenters. The maximum atomic E-state index is 11.7. The predicted molar refractivity (Wildman–Crippen MR) is 104 cm³/mol. The highest BCUT2D eigenvalue weighted by molar-refractivity contribution is 5.73. The van der Waals surface area contributed by atoms with Gasteiger partial charge in [-0.3, -0.25) is 20.2 Å². The Kier molecular flexibility index (Phi) is 4.46. The highest BCUT2D eigenvalue weighted by Crippen LogP contribution is 2.53. The van der Waals surface area contributed by atoms with E-state index < -0.39 is 9.85 Å². The number of hydrogen-bond donors (Lipinski definition) is 1. The van der Waals surface area contributed by atoms with Crippen molar-refractivity contribution in [2.75, 3.05) is 11.9 Å². The van der Waals surface area contributed by atoms with E-state index in [-0.39, 0.29) is 29.3 Å². The van der Waals surface area contributed by atoms with Crippen molar-refractivity contribution >= 4 is 17.1 Å². The monoisotopic (exact) mass is 381 g/mol. The van der Waals surface area contributed by atoms with Gasteiger partial charge in [0.15, 0.2) is 0 Å². The molecule has 0 spiro atoms. The van der Waals surface area contributed by atoms with E-state index in [2.05, 4.69) is 17.5 Å². The molecule has 1 aliphatic heterocycles. The van der Waals surface area contributed by atoms with E-state index in [9.17, 15) is 20.2 Å². The second-order valence-electron chi connectivity index (χ2n) is 6.92. The molecule has 0 radical (unpaired) electrons. The second-order valence-corrected chi connectivity index (χ2v) is 6.92. The Morgan fingerprint density at radius 1 is 1.18 bits per heavy atom. The number of hydrogen-bond acceptors (Lipinski definition) is 6. The molecule has 1 N–H and O–H groups in total. The van der Waals surface area contributed by atoms with E-state index >= 15 is 0 Å². The minimum absolute atomic E-state index is 0.00814. The lowest BCUT2D eigenvalue weighted by Gasteiger charge is -2.37. The van der Waals surface area contributed by atoms with Crippen molar-refractivity contribution in [2.45, 2.75) is 25.3 Å². The normalized spacial score (nSPS) is 22.1. The molecule has 0 amide bonds. The van der Waals surface area contributed by atoms with Crippen molar-refractivity contribution in [1.29, 1.82) is 0 Å². The van der Waals surface area contributed by atoms with Crippen molar-refractivity contribution in [3.8, 4) is 5.75 Å². The fourth-order valence-electron chi connectivity index (χ4n) is 4.21. The van der Waals surface area contributed by atoms with E-state index in [1.54, 1.807) is 12.1 Å². The smallest absolute Gasteiger partial charge is 0.296 e. The maximum absolute atomic E-state index is 11.7. The SMILES string of the molecule is CCOc1cc2c(c([N+](=O)[O-])c1)N[C@H](c1cccc([N+](=O)[O-])c1)[C@@H]1CC=C[C@@H]21. The van der Waals surface area contributed by atoms with E-state index in [4.69, 9.17) is 4.74 Å². The van der Waals surface area contributed by atoms with Crippen molar-refractivity contribution < 1.29 is 14.6 Å². The van der Waals surface area contributed by atoms with Crippen LogP contribution in [0, 0.1) is 26.1 Å². The lowest BCUT2D eigenvalue weighted by atomic mass is 9.76. The minimum atomic E-state index is -0.429. The summed E-state index contributed by atoms with van der Waals surface area (Å²) in [5.41, 5.74) is 2.00. The number of benzene rings is 2. The lowest BCUT2D eigenvalue weighted by Crippen LogP contribution is -2.29. The Morgan fingerprint density at radius 3 is 2.71 bits per heavy atom. The largest absolute Gasteiger partial charge is 0.494 e. The van der Waals surface area contributed by atoms with Gasteiger partial charge in [0.1, 0.15) is 11.4 Å². The molecule has 1 heterocycles. The van der Waals surface area contributed by atoms with Gasteiger partial charge in [0.25, 0.3) is 11.4 Å². The minimum Gasteiger partial charge on any atom is -0.494 e. The number of anilines is 1. The molecule has 28 heavy (non-hydrogen) atoms. The van der Waals surface area contributed by atoms with Crippen LogP contribution in [0.5, 0.6) is 5.75 Å². The van der Waals surface area contributed by atoms with E-state index in [0.29, 0.717) is 18.0 Å². The van der Waals surface area contributed by atoms with E-state index in [1.807, 2.05) is 19.1 Å². The first-order valence-corrected chi connectivity index (χ1v) is 9.12. The number of nitro groups is 2. The summed E-state index contributed by atoms with van der Waals surface area (Å²) in [6, 6.07) is 9.48. The molecule has 2 aliphatic rings. The quantitative estimate of drug-likeness (QED) is 0.456. The second kappa shape index (κ2) is 6.95. The van der Waals surface area contributed by atoms with Gasteiger partial charge >= 0.3 is 0 Å². The predicted octanol–water partition coefficient (Wildman–Crippen LogP) is 4.73. The summed E-state index contributed by atoms with van der Waals surface area (Å²) in [5, 5.41) is 26.2. The zero-order valence-corrected chi connectivity index (χ0v) is 15.2. The molecule has 2 aromatic carbocycles. The molecule has 0 fully saturated rings. The number of non-ortho nitro benzene ring substituents is 1. The van der Waals surface area contributed by atoms with Crippen LogP contribution in [-0.2, 0) is 0 Å². The number of nitrogens with one attached hydrogen (secondary N) is 1. The summed E-state index contributed by atoms with van der Waals surface area (Å²) in [7, 11) is 0. The third-order valence-corrected chi connectivity index (χ3v) is 5.37. The molecule has 1 aliphatic carbocycles. The highest BCUT2D eigenvalue weighted by atomic mass is 16.6. The van der Waals surface area contributed by atoms with Crippen LogP contribution in [0.3, 0.4) is 0 Å². The standard InChI is InChI=1S/C20H19N3O5/c1-2-28-14-10-17-15-7-4-8-16(15)19(21-20(17)18(11-14)23(26)27)12-5-3-6-13(9-12)22(24)25/h3-7,9-11,15-16,19,21H,2,8H2,1H3/t15-,16-,19-/m1/s1. The van der Waals surface area contributed by atoms with E-state index in [1.165, 1.54) is 12.1 Å². The Balaban J connectivity index is 1.83. The van der Waals surface area contributed by atoms with Gasteiger partial charge in [-0.15, -0.1) is 0 Å². The Bertz CT molecular complexity index is 988. The first-order valence-electron chi connectivity index (χ1n) is 9.12. The van der Waals surface area contributed by atoms with Gasteiger partial charge in [0, 0.05) is 18.1 Å². The first kappa shape index (κ1) is 18.0. The molecule has 4 rings (SSSR count). The van der Waals surface area contributed by atoms with Crippen LogP contribution in [-0.4, -0.2) is 16.5 Å². The van der Waals surface area contributed by atoms with Crippen molar-refractivity contribution in [3.05, 3.63) is 79.9 Å². The van der Waals surface area contributed by atoms with Crippen LogP contribution < -0.4 is 10.1 Å². The Labute approximate surface area is 161 Å². The molecule has 0 saturated carbocycles. The van der Waals surface area contributed by atoms with Crippen LogP contribution in [0.1, 0.15) is 36.4 Å². The average molecular weight is 381 g/mol. The lowest BCUT2D eigenvalue weighted by molar-refractivity contribution is -0.384. The van der Waals surface area contributed by atoms with Crippen LogP contribution >= 0.6 is 0 Å². The van der Waals surface area contributed by atoms with Gasteiger partial charge in [-0.1, -0.05) is 24.3 Å². The number of nitro benzene ring substituents is 2. The molecule has 0 aromatic heterocycles. The van der Waals surface area contributed by atoms with Gasteiger partial charge in [-0.05, 0) is 36.5 Å². The van der Waals surface area contributed by atoms with Gasteiger partial charge in [0.2, 0.25) is 0 Å². The molecule has 8 heteroatoms. The molecule has 3 atom stereocenters. The number of rotatable bonds is 5. The van der Waals surface area contributed by atoms with Crippen LogP contribution in [0.4, 0.5) is 17.1 Å². The fraction of sp³-hybridized carbons (Fsp3) is 0.300. The summed E-state index contributed by atoms with van der Waals surface area (Å²) in [6.45, 7) is 2.25. The van der Waals surface area contributed by atoms with Gasteiger partial charge in [-0.25, -0.2) is 0 Å². The molecule has 0 saturated heterocycles. The number of allylic oxidation sites excluding steroid dienone is 2. The maximum Gasteiger partial charge on any atom is 0.296 e. The van der Waals surface area contributed by atoms with Crippen LogP contribution in [0.2, 0.25) is 0 Å². The molecule has 0 bridgehead atoms. The van der Waals surface area contributed by atoms with Crippen molar-refractivity contribution in [2.24, 2.45) is 5.92 Å². The van der Waals surface area contributed by atoms with Crippen molar-refractivity contribution in [1.82, 2.24) is 0 Å². The Morgan fingerprint density at radius 2 is 2.00 bits per heavy atom. The summed E-state index contributed by atoms with van der Waals surface area (Å²) >= 11 is 0. The van der Waals surface area contributed by atoms with Gasteiger partial charge < -0.3 is 10.1 Å². The van der Waals surface area contributed by atoms with Crippen molar-refractivity contribution in [3.63, 3.8) is 0 Å². The number of fused-ring (bicyclic) bond motifs is 3. The first-order chi connectivity index (χ1) is 13.5. The highest BCUT2D eigenvalue weighted by Gasteiger charge is 2.41. The van der Waals surface area contributed by atoms with Gasteiger partial charge in [-0.2, -0.15) is 0 Å². The summed E-state index contributed by atoms with van der Waals surface area (Å²) in [5.74, 6) is 0.577. The third kappa shape index (κ3) is 2.96. The Hall–Kier alpha value is -3.42. The summed E-state index contributed by atoms with van der Waals surface area (Å²) in [6.07, 6.45) is 4.92. The molecule has 8 nitrogen and oxygen atoms in total. The molecular formula is C20H19N3O5. The van der Waals surface area contributed by atoms with Gasteiger partial charge in [0.05, 0.1) is 28.6 Å². The fourth-order valence-corrected chi connectivity index (χ4v) is 4.21. The zero-order valence-electron chi connectivity index (χ0n) is 15.2. The number of ether oxygens (including phenoxy) is 1.